The molecule has 7 heteroatoms. The van der Waals surface area contributed by atoms with Crippen LogP contribution in [0.3, 0.4) is 0 Å². The normalized spacial score (nSPS) is 10.6. The van der Waals surface area contributed by atoms with Gasteiger partial charge in [-0.3, -0.25) is 9.36 Å². The first kappa shape index (κ1) is 20.5. The van der Waals surface area contributed by atoms with Gasteiger partial charge in [-0.2, -0.15) is 5.26 Å². The number of ether oxygens (including phenoxy) is 2. The molecule has 31 heavy (non-hydrogen) atoms. The molecule has 4 aromatic rings. The van der Waals surface area contributed by atoms with E-state index in [2.05, 4.69) is 6.07 Å². The van der Waals surface area contributed by atoms with Crippen molar-refractivity contribution in [2.45, 2.75) is 10.9 Å². The minimum atomic E-state index is -0.157. The Morgan fingerprint density at radius 3 is 2.52 bits per heavy atom. The second-order valence-electron chi connectivity index (χ2n) is 6.68. The number of para-hydroxylation sites is 1. The van der Waals surface area contributed by atoms with E-state index in [4.69, 9.17) is 19.7 Å². The highest BCUT2D eigenvalue weighted by Crippen LogP contribution is 2.31. The summed E-state index contributed by atoms with van der Waals surface area (Å²) in [6, 6.07) is 21.9. The van der Waals surface area contributed by atoms with Gasteiger partial charge in [-0.25, -0.2) is 4.98 Å². The summed E-state index contributed by atoms with van der Waals surface area (Å²) in [6.07, 6.45) is 0. The van der Waals surface area contributed by atoms with E-state index in [0.29, 0.717) is 33.1 Å². The molecule has 0 saturated heterocycles. The number of aromatic nitrogens is 2. The lowest BCUT2D eigenvalue weighted by atomic mass is 10.2. The Morgan fingerprint density at radius 1 is 1.03 bits per heavy atom. The minimum Gasteiger partial charge on any atom is -0.497 e. The molecule has 154 valence electrons. The third-order valence-electron chi connectivity index (χ3n) is 4.84. The van der Waals surface area contributed by atoms with Crippen LogP contribution in [-0.4, -0.2) is 23.8 Å². The van der Waals surface area contributed by atoms with Crippen molar-refractivity contribution in [2.75, 3.05) is 14.2 Å². The topological polar surface area (TPSA) is 77.1 Å². The highest BCUT2D eigenvalue weighted by Gasteiger charge is 2.15. The summed E-state index contributed by atoms with van der Waals surface area (Å²) in [7, 11) is 3.24. The third-order valence-corrected chi connectivity index (χ3v) is 5.83. The van der Waals surface area contributed by atoms with Crippen LogP contribution in [-0.2, 0) is 5.75 Å². The number of rotatable bonds is 6. The zero-order valence-corrected chi connectivity index (χ0v) is 17.8. The highest BCUT2D eigenvalue weighted by atomic mass is 32.2. The standard InChI is InChI=1S/C24H19N3O3S/c1-29-19-11-12-22(30-2)17(13-19)15-31-24-26-21-6-4-3-5-20(21)23(28)27(24)18-9-7-16(14-25)8-10-18/h3-13H,15H2,1-2H3. The van der Waals surface area contributed by atoms with Crippen molar-refractivity contribution in [1.82, 2.24) is 9.55 Å². The first-order valence-corrected chi connectivity index (χ1v) is 10.5. The lowest BCUT2D eigenvalue weighted by Gasteiger charge is -2.14. The molecule has 0 radical (unpaired) electrons. The van der Waals surface area contributed by atoms with Gasteiger partial charge in [0.1, 0.15) is 11.5 Å². The fraction of sp³-hybridized carbons (Fsp3) is 0.125. The van der Waals surface area contributed by atoms with Crippen molar-refractivity contribution in [2.24, 2.45) is 0 Å². The monoisotopic (exact) mass is 429 g/mol. The maximum atomic E-state index is 13.3. The van der Waals surface area contributed by atoms with Crippen LogP contribution < -0.4 is 15.0 Å². The molecule has 0 fully saturated rings. The summed E-state index contributed by atoms with van der Waals surface area (Å²) < 4.78 is 12.4. The fourth-order valence-corrected chi connectivity index (χ4v) is 4.25. The summed E-state index contributed by atoms with van der Waals surface area (Å²) in [4.78, 5) is 18.1. The Balaban J connectivity index is 1.81. The van der Waals surface area contributed by atoms with Crippen LogP contribution in [0.1, 0.15) is 11.1 Å². The Labute approximate surface area is 183 Å². The van der Waals surface area contributed by atoms with E-state index in [1.807, 2.05) is 36.4 Å². The summed E-state index contributed by atoms with van der Waals surface area (Å²) >= 11 is 1.43. The quantitative estimate of drug-likeness (QED) is 0.330. The van der Waals surface area contributed by atoms with E-state index < -0.39 is 0 Å². The summed E-state index contributed by atoms with van der Waals surface area (Å²) in [5, 5.41) is 10.2. The van der Waals surface area contributed by atoms with Crippen molar-refractivity contribution >= 4 is 22.7 Å². The zero-order valence-electron chi connectivity index (χ0n) is 17.0. The molecular formula is C24H19N3O3S. The SMILES string of the molecule is COc1ccc(OC)c(CSc2nc3ccccc3c(=O)n2-c2ccc(C#N)cc2)c1. The average molecular weight is 430 g/mol. The van der Waals surface area contributed by atoms with E-state index in [0.717, 1.165) is 17.1 Å². The lowest BCUT2D eigenvalue weighted by Crippen LogP contribution is -2.21. The van der Waals surface area contributed by atoms with Gasteiger partial charge in [-0.05, 0) is 54.6 Å². The van der Waals surface area contributed by atoms with Crippen molar-refractivity contribution in [1.29, 1.82) is 5.26 Å². The molecule has 1 aromatic heterocycles. The second kappa shape index (κ2) is 8.94. The van der Waals surface area contributed by atoms with Crippen molar-refractivity contribution in [3.8, 4) is 23.3 Å². The Kier molecular flexibility index (Phi) is 5.92. The van der Waals surface area contributed by atoms with Gasteiger partial charge in [0.2, 0.25) is 0 Å². The van der Waals surface area contributed by atoms with Gasteiger partial charge in [-0.1, -0.05) is 23.9 Å². The lowest BCUT2D eigenvalue weighted by molar-refractivity contribution is 0.400. The van der Waals surface area contributed by atoms with E-state index in [-0.39, 0.29) is 5.56 Å². The van der Waals surface area contributed by atoms with Gasteiger partial charge in [0.25, 0.3) is 5.56 Å². The number of methoxy groups -OCH3 is 2. The Bertz CT molecular complexity index is 1340. The van der Waals surface area contributed by atoms with Crippen LogP contribution in [0, 0.1) is 11.3 Å². The van der Waals surface area contributed by atoms with Crippen LogP contribution in [0.15, 0.2) is 76.7 Å². The number of benzene rings is 3. The van der Waals surface area contributed by atoms with Crippen molar-refractivity contribution < 1.29 is 9.47 Å². The van der Waals surface area contributed by atoms with Gasteiger partial charge in [0.15, 0.2) is 5.16 Å². The molecule has 0 saturated carbocycles. The number of fused-ring (bicyclic) bond motifs is 1. The van der Waals surface area contributed by atoms with Crippen LogP contribution >= 0.6 is 11.8 Å². The third kappa shape index (κ3) is 4.11. The maximum Gasteiger partial charge on any atom is 0.266 e. The molecule has 0 aliphatic heterocycles. The molecule has 0 atom stereocenters. The largest absolute Gasteiger partial charge is 0.497 e. The fourth-order valence-electron chi connectivity index (χ4n) is 3.26. The van der Waals surface area contributed by atoms with E-state index >= 15 is 0 Å². The van der Waals surface area contributed by atoms with Gasteiger partial charge in [-0.15, -0.1) is 0 Å². The molecule has 0 unspecified atom stereocenters. The minimum absolute atomic E-state index is 0.157. The molecule has 0 N–H and O–H groups in total. The van der Waals surface area contributed by atoms with E-state index in [1.165, 1.54) is 11.8 Å². The second-order valence-corrected chi connectivity index (χ2v) is 7.62. The molecular weight excluding hydrogens is 410 g/mol. The molecule has 0 aliphatic rings. The number of nitrogens with zero attached hydrogens (tertiary/aromatic N) is 3. The molecule has 0 spiro atoms. The smallest absolute Gasteiger partial charge is 0.266 e. The first-order valence-electron chi connectivity index (χ1n) is 9.50. The van der Waals surface area contributed by atoms with Gasteiger partial charge < -0.3 is 9.47 Å². The number of hydrogen-bond acceptors (Lipinski definition) is 6. The van der Waals surface area contributed by atoms with Crippen LogP contribution in [0.5, 0.6) is 11.5 Å². The zero-order chi connectivity index (χ0) is 21.8. The molecule has 0 aliphatic carbocycles. The molecule has 6 nitrogen and oxygen atoms in total. The first-order chi connectivity index (χ1) is 15.1. The van der Waals surface area contributed by atoms with Crippen molar-refractivity contribution in [3.05, 3.63) is 88.2 Å². The molecule has 0 amide bonds. The van der Waals surface area contributed by atoms with Crippen LogP contribution in [0.25, 0.3) is 16.6 Å². The average Bonchev–Trinajstić information content (AvgIpc) is 2.82. The van der Waals surface area contributed by atoms with E-state index in [1.54, 1.807) is 49.1 Å². The summed E-state index contributed by atoms with van der Waals surface area (Å²) in [5.41, 5.74) is 2.59. The van der Waals surface area contributed by atoms with Crippen LogP contribution in [0.4, 0.5) is 0 Å². The Morgan fingerprint density at radius 2 is 1.81 bits per heavy atom. The molecule has 1 heterocycles. The summed E-state index contributed by atoms with van der Waals surface area (Å²) in [6.45, 7) is 0. The van der Waals surface area contributed by atoms with Gasteiger partial charge >= 0.3 is 0 Å². The van der Waals surface area contributed by atoms with Crippen molar-refractivity contribution in [3.63, 3.8) is 0 Å². The highest BCUT2D eigenvalue weighted by molar-refractivity contribution is 7.98. The van der Waals surface area contributed by atoms with Crippen LogP contribution in [0.2, 0.25) is 0 Å². The predicted molar refractivity (Wildman–Crippen MR) is 121 cm³/mol. The number of nitriles is 1. The summed E-state index contributed by atoms with van der Waals surface area (Å²) in [5.74, 6) is 2.00. The molecule has 4 rings (SSSR count). The number of hydrogen-bond donors (Lipinski definition) is 0. The number of thioether (sulfide) groups is 1. The molecule has 3 aromatic carbocycles. The molecule has 0 bridgehead atoms. The van der Waals surface area contributed by atoms with Gasteiger partial charge in [0.05, 0.1) is 42.4 Å². The predicted octanol–water partition coefficient (Wildman–Crippen LogP) is 4.57. The maximum absolute atomic E-state index is 13.3. The van der Waals surface area contributed by atoms with E-state index in [9.17, 15) is 4.79 Å². The Hall–Kier alpha value is -3.76. The van der Waals surface area contributed by atoms with Gasteiger partial charge in [0, 0.05) is 11.3 Å².